The van der Waals surface area contributed by atoms with E-state index >= 15 is 0 Å². The van der Waals surface area contributed by atoms with E-state index in [1.165, 1.54) is 5.69 Å². The number of hydrogen-bond acceptors (Lipinski definition) is 4. The number of anilines is 1. The molecule has 0 aromatic heterocycles. The molecule has 0 atom stereocenters. The van der Waals surface area contributed by atoms with Crippen LogP contribution in [0.2, 0.25) is 0 Å². The molecule has 0 aliphatic carbocycles. The smallest absolute Gasteiger partial charge is 0.396 e. The van der Waals surface area contributed by atoms with Crippen molar-refractivity contribution in [1.29, 1.82) is 0 Å². The summed E-state index contributed by atoms with van der Waals surface area (Å²) in [5.74, 6) is 0. The molecule has 0 amide bonds. The van der Waals surface area contributed by atoms with Crippen LogP contribution in [0.1, 0.15) is 0 Å². The Bertz CT molecular complexity index is 349. The second-order valence-corrected chi connectivity index (χ2v) is 4.11. The third kappa shape index (κ3) is 5.26. The molecule has 16 heavy (non-hydrogen) atoms. The molecule has 0 unspecified atom stereocenters. The van der Waals surface area contributed by atoms with Crippen LogP contribution in [0, 0.1) is 0 Å². The summed E-state index contributed by atoms with van der Waals surface area (Å²) < 4.78 is 24.5. The molecule has 0 spiro atoms. The van der Waals surface area contributed by atoms with Gasteiger partial charge in [0.1, 0.15) is 0 Å². The van der Waals surface area contributed by atoms with Crippen molar-refractivity contribution in [3.05, 3.63) is 54.8 Å². The third-order valence-electron chi connectivity index (χ3n) is 1.90. The molecule has 1 aliphatic rings. The van der Waals surface area contributed by atoms with E-state index < -0.39 is 21.1 Å². The van der Waals surface area contributed by atoms with Gasteiger partial charge >= 0.3 is 21.1 Å². The lowest BCUT2D eigenvalue weighted by molar-refractivity contribution is -1.63. The van der Waals surface area contributed by atoms with E-state index in [4.69, 9.17) is 10.3 Å². The standard InChI is InChI=1S/C11H11N.HIO3/c1-3-7-11(8-4-1)12-9-5-2-6-10-12;2-1(3)4/h1-9H,10H2;2H. The van der Waals surface area contributed by atoms with Crippen molar-refractivity contribution in [2.24, 2.45) is 0 Å². The summed E-state index contributed by atoms with van der Waals surface area (Å²) >= 11 is -3.76. The summed E-state index contributed by atoms with van der Waals surface area (Å²) in [5.41, 5.74) is 1.25. The van der Waals surface area contributed by atoms with Crippen molar-refractivity contribution in [2.75, 3.05) is 11.4 Å². The number of nitrogens with zero attached hydrogens (tertiary/aromatic N) is 1. The van der Waals surface area contributed by atoms with Gasteiger partial charge in [-0.2, -0.15) is 0 Å². The minimum absolute atomic E-state index is 0.973. The maximum Gasteiger partial charge on any atom is 0.503 e. The summed E-state index contributed by atoms with van der Waals surface area (Å²) in [6.07, 6.45) is 8.36. The van der Waals surface area contributed by atoms with E-state index in [0.717, 1.165) is 6.54 Å². The van der Waals surface area contributed by atoms with Gasteiger partial charge in [-0.1, -0.05) is 30.4 Å². The van der Waals surface area contributed by atoms with Gasteiger partial charge in [0.2, 0.25) is 0 Å². The Morgan fingerprint density at radius 2 is 1.75 bits per heavy atom. The Labute approximate surface area is 103 Å². The lowest BCUT2D eigenvalue weighted by Gasteiger charge is -2.20. The van der Waals surface area contributed by atoms with E-state index in [0.29, 0.717) is 0 Å². The average Bonchev–Trinajstić information content (AvgIpc) is 2.31. The zero-order valence-electron chi connectivity index (χ0n) is 8.49. The quantitative estimate of drug-likeness (QED) is 0.546. The molecule has 0 radical (unpaired) electrons. The minimum Gasteiger partial charge on any atom is -0.396 e. The lowest BCUT2D eigenvalue weighted by Crippen LogP contribution is -3.98. The number of para-hydroxylation sites is 1. The molecule has 1 aromatic rings. The van der Waals surface area contributed by atoms with Crippen LogP contribution in [-0.2, 0) is 0 Å². The first-order chi connectivity index (χ1) is 7.70. The number of hydrogen-bond donors (Lipinski definition) is 1. The van der Waals surface area contributed by atoms with Crippen molar-refractivity contribution in [2.45, 2.75) is 0 Å². The Kier molecular flexibility index (Phi) is 6.09. The molecular weight excluding hydrogens is 321 g/mol. The van der Waals surface area contributed by atoms with Gasteiger partial charge in [-0.05, 0) is 21.6 Å². The maximum atomic E-state index is 8.68. The predicted octanol–water partition coefficient (Wildman–Crippen LogP) is -3.35. The van der Waals surface area contributed by atoms with Crippen LogP contribution in [0.3, 0.4) is 0 Å². The first-order valence-electron chi connectivity index (χ1n) is 4.59. The lowest BCUT2D eigenvalue weighted by atomic mass is 10.2. The van der Waals surface area contributed by atoms with Crippen LogP contribution in [0.5, 0.6) is 0 Å². The second kappa shape index (κ2) is 7.39. The van der Waals surface area contributed by atoms with Gasteiger partial charge in [0.05, 0.1) is 0 Å². The monoisotopic (exact) mass is 333 g/mol. The number of allylic oxidation sites excluding steroid dienone is 2. The van der Waals surface area contributed by atoms with Crippen LogP contribution in [0.15, 0.2) is 54.8 Å². The Morgan fingerprint density at radius 3 is 2.25 bits per heavy atom. The summed E-state index contributed by atoms with van der Waals surface area (Å²) in [6.45, 7) is 0.973. The van der Waals surface area contributed by atoms with Gasteiger partial charge in [-0.15, -0.1) is 0 Å². The van der Waals surface area contributed by atoms with Gasteiger partial charge in [0.15, 0.2) is 0 Å². The van der Waals surface area contributed by atoms with Crippen LogP contribution in [0.4, 0.5) is 5.69 Å². The molecule has 1 aliphatic heterocycles. The van der Waals surface area contributed by atoms with Gasteiger partial charge in [0.25, 0.3) is 0 Å². The molecule has 0 fully saturated rings. The first-order valence-corrected chi connectivity index (χ1v) is 7.32. The van der Waals surface area contributed by atoms with Crippen LogP contribution >= 0.6 is 0 Å². The summed E-state index contributed by atoms with van der Waals surface area (Å²) in [4.78, 5) is 2.21. The second-order valence-electron chi connectivity index (χ2n) is 2.96. The molecule has 5 heteroatoms. The highest BCUT2D eigenvalue weighted by Gasteiger charge is 2.00. The first kappa shape index (κ1) is 13.2. The molecule has 0 saturated carbocycles. The fraction of sp³-hybridized carbons (Fsp3) is 0.0909. The normalized spacial score (nSPS) is 13.6. The molecule has 0 bridgehead atoms. The zero-order chi connectivity index (χ0) is 11.8. The summed E-state index contributed by atoms with van der Waals surface area (Å²) in [5, 5.41) is 0. The topological polar surface area (TPSA) is 69.6 Å². The number of halogens is 1. The van der Waals surface area contributed by atoms with E-state index in [9.17, 15) is 0 Å². The number of rotatable bonds is 1. The SMILES string of the molecule is C1=CCN(c2ccccc2)C=C1.[O-][I+2]([O-])O. The van der Waals surface area contributed by atoms with Gasteiger partial charge < -0.3 is 11.8 Å². The van der Waals surface area contributed by atoms with Gasteiger partial charge in [0, 0.05) is 18.4 Å². The highest BCUT2D eigenvalue weighted by atomic mass is 127. The molecule has 1 N–H and O–H groups in total. The van der Waals surface area contributed by atoms with E-state index in [1.54, 1.807) is 0 Å². The van der Waals surface area contributed by atoms with Crippen LogP contribution in [-0.4, -0.2) is 9.98 Å². The summed E-state index contributed by atoms with van der Waals surface area (Å²) in [7, 11) is 0. The largest absolute Gasteiger partial charge is 0.503 e. The summed E-state index contributed by atoms with van der Waals surface area (Å²) in [6, 6.07) is 10.4. The predicted molar refractivity (Wildman–Crippen MR) is 54.3 cm³/mol. The molecule has 86 valence electrons. The molecule has 4 nitrogen and oxygen atoms in total. The van der Waals surface area contributed by atoms with Crippen LogP contribution in [0.25, 0.3) is 0 Å². The fourth-order valence-corrected chi connectivity index (χ4v) is 1.28. The third-order valence-corrected chi connectivity index (χ3v) is 1.90. The Hall–Kier alpha value is -0.890. The van der Waals surface area contributed by atoms with E-state index in [2.05, 4.69) is 53.6 Å². The van der Waals surface area contributed by atoms with Gasteiger partial charge in [-0.25, -0.2) is 0 Å². The Balaban J connectivity index is 0.000000280. The van der Waals surface area contributed by atoms with Crippen LogP contribution < -0.4 is 32.8 Å². The van der Waals surface area contributed by atoms with Crippen molar-refractivity contribution in [1.82, 2.24) is 0 Å². The highest BCUT2D eigenvalue weighted by Crippen LogP contribution is 2.14. The fourth-order valence-electron chi connectivity index (χ4n) is 1.28. The average molecular weight is 333 g/mol. The van der Waals surface area contributed by atoms with Gasteiger partial charge in [-0.3, -0.25) is 0 Å². The van der Waals surface area contributed by atoms with E-state index in [-0.39, 0.29) is 0 Å². The molecule has 1 aromatic carbocycles. The molecular formula is C11H12INO3. The molecule has 1 heterocycles. The highest BCUT2D eigenvalue weighted by molar-refractivity contribution is 5.50. The Morgan fingerprint density at radius 1 is 1.12 bits per heavy atom. The van der Waals surface area contributed by atoms with Crippen molar-refractivity contribution >= 4 is 5.69 Å². The number of benzene rings is 1. The molecule has 0 saturated heterocycles. The van der Waals surface area contributed by atoms with E-state index in [1.807, 2.05) is 6.07 Å². The van der Waals surface area contributed by atoms with Crippen molar-refractivity contribution < 1.29 is 31.4 Å². The zero-order valence-corrected chi connectivity index (χ0v) is 10.6. The maximum absolute atomic E-state index is 8.68. The van der Waals surface area contributed by atoms with Crippen molar-refractivity contribution in [3.63, 3.8) is 0 Å². The van der Waals surface area contributed by atoms with Crippen molar-refractivity contribution in [3.8, 4) is 0 Å². The molecule has 2 rings (SSSR count). The minimum atomic E-state index is -3.76.